The molecule has 1 saturated heterocycles. The Hall–Kier alpha value is -3.68. The van der Waals surface area contributed by atoms with Gasteiger partial charge in [0.2, 0.25) is 17.7 Å². The van der Waals surface area contributed by atoms with Crippen LogP contribution in [-0.4, -0.2) is 121 Å². The first-order chi connectivity index (χ1) is 23.9. The highest BCUT2D eigenvalue weighted by molar-refractivity contribution is 7.13. The number of likely N-dealkylation sites (tertiary alicyclic amines) is 1. The molecule has 14 nitrogen and oxygen atoms in total. The number of thiazole rings is 1. The van der Waals surface area contributed by atoms with E-state index in [-0.39, 0.29) is 44.4 Å². The summed E-state index contributed by atoms with van der Waals surface area (Å²) < 4.78 is 47.8. The average Bonchev–Trinajstić information content (AvgIpc) is 3.67. The number of nitrogens with zero attached hydrogens (tertiary/aromatic N) is 2. The summed E-state index contributed by atoms with van der Waals surface area (Å²) in [5.74, 6) is -3.85. The number of aryl methyl sites for hydroxylation is 1. The summed E-state index contributed by atoms with van der Waals surface area (Å²) >= 11 is 1.58. The Morgan fingerprint density at radius 1 is 1.02 bits per heavy atom. The molecular formula is C33H48F3N5O9S. The Bertz CT molecular complexity index is 1400. The molecule has 0 bridgehead atoms. The maximum atomic E-state index is 13.7. The molecule has 3 unspecified atom stereocenters. The van der Waals surface area contributed by atoms with Crippen molar-refractivity contribution >= 4 is 35.0 Å². The van der Waals surface area contributed by atoms with Gasteiger partial charge >= 0.3 is 12.1 Å². The molecule has 0 aliphatic carbocycles. The van der Waals surface area contributed by atoms with E-state index < -0.39 is 41.7 Å². The van der Waals surface area contributed by atoms with Crippen LogP contribution in [0.4, 0.5) is 13.2 Å². The van der Waals surface area contributed by atoms with Gasteiger partial charge in [-0.25, -0.2) is 9.78 Å². The fourth-order valence-corrected chi connectivity index (χ4v) is 5.62. The van der Waals surface area contributed by atoms with Gasteiger partial charge in [-0.15, -0.1) is 11.3 Å². The molecule has 3 rings (SSSR count). The highest BCUT2D eigenvalue weighted by Gasteiger charge is 2.44. The Morgan fingerprint density at radius 3 is 2.10 bits per heavy atom. The van der Waals surface area contributed by atoms with E-state index in [0.717, 1.165) is 21.7 Å². The van der Waals surface area contributed by atoms with Crippen LogP contribution in [-0.2, 0) is 39.9 Å². The third-order valence-corrected chi connectivity index (χ3v) is 8.41. The number of carbonyl (C=O) groups excluding carboxylic acids is 3. The molecule has 51 heavy (non-hydrogen) atoms. The third kappa shape index (κ3) is 15.2. The number of hydrogen-bond acceptors (Lipinski definition) is 11. The van der Waals surface area contributed by atoms with Gasteiger partial charge in [0.1, 0.15) is 12.1 Å². The summed E-state index contributed by atoms with van der Waals surface area (Å²) in [7, 11) is 0. The van der Waals surface area contributed by atoms with Crippen LogP contribution in [0.3, 0.4) is 0 Å². The van der Waals surface area contributed by atoms with Crippen molar-refractivity contribution < 1.29 is 56.8 Å². The number of amides is 3. The van der Waals surface area contributed by atoms with Crippen LogP contribution in [0.15, 0.2) is 29.8 Å². The number of ether oxygens (including phenoxy) is 3. The van der Waals surface area contributed by atoms with Crippen LogP contribution >= 0.6 is 11.3 Å². The lowest BCUT2D eigenvalue weighted by Crippen LogP contribution is -2.57. The van der Waals surface area contributed by atoms with E-state index in [0.29, 0.717) is 39.6 Å². The van der Waals surface area contributed by atoms with Gasteiger partial charge in [-0.2, -0.15) is 13.2 Å². The van der Waals surface area contributed by atoms with Crippen LogP contribution in [0, 0.1) is 12.3 Å². The van der Waals surface area contributed by atoms with Crippen molar-refractivity contribution in [3.63, 3.8) is 0 Å². The van der Waals surface area contributed by atoms with E-state index in [1.54, 1.807) is 11.3 Å². The number of aromatic nitrogens is 1. The minimum atomic E-state index is -5.08. The van der Waals surface area contributed by atoms with Crippen molar-refractivity contribution in [2.45, 2.75) is 71.4 Å². The number of benzene rings is 1. The molecule has 1 aliphatic heterocycles. The Labute approximate surface area is 298 Å². The molecular weight excluding hydrogens is 699 g/mol. The molecule has 6 N–H and O–H groups in total. The van der Waals surface area contributed by atoms with E-state index in [1.165, 1.54) is 4.90 Å². The highest BCUT2D eigenvalue weighted by Crippen LogP contribution is 2.28. The topological polar surface area (TPSA) is 203 Å². The summed E-state index contributed by atoms with van der Waals surface area (Å²) in [4.78, 5) is 55.4. The van der Waals surface area contributed by atoms with Crippen molar-refractivity contribution in [2.75, 3.05) is 52.7 Å². The first-order valence-corrected chi connectivity index (χ1v) is 17.1. The fraction of sp³-hybridized carbons (Fsp3) is 0.606. The van der Waals surface area contributed by atoms with Crippen molar-refractivity contribution in [2.24, 2.45) is 11.1 Å². The summed E-state index contributed by atoms with van der Waals surface area (Å²) in [5.41, 5.74) is 9.47. The average molecular weight is 748 g/mol. The number of halogens is 3. The van der Waals surface area contributed by atoms with Crippen LogP contribution in [0.25, 0.3) is 10.4 Å². The molecule has 3 amide bonds. The zero-order valence-corrected chi connectivity index (χ0v) is 30.0. The molecule has 0 spiro atoms. The third-order valence-electron chi connectivity index (χ3n) is 7.43. The van der Waals surface area contributed by atoms with E-state index in [4.69, 9.17) is 29.8 Å². The maximum absolute atomic E-state index is 13.7. The molecule has 1 aliphatic rings. The number of aliphatic hydroxyl groups is 1. The van der Waals surface area contributed by atoms with Gasteiger partial charge in [0, 0.05) is 32.5 Å². The van der Waals surface area contributed by atoms with Crippen molar-refractivity contribution in [1.82, 2.24) is 20.5 Å². The van der Waals surface area contributed by atoms with Gasteiger partial charge in [-0.1, -0.05) is 45.0 Å². The van der Waals surface area contributed by atoms with E-state index in [2.05, 4.69) is 15.6 Å². The second-order valence-corrected chi connectivity index (χ2v) is 13.5. The first-order valence-electron chi connectivity index (χ1n) is 16.2. The Kier molecular flexibility index (Phi) is 17.9. The Morgan fingerprint density at radius 2 is 1.59 bits per heavy atom. The van der Waals surface area contributed by atoms with Crippen LogP contribution in [0.2, 0.25) is 0 Å². The number of β-amino-alcohol motifs (C(OH)–C–C–N with tert-alkyl or cyclic N) is 1. The lowest BCUT2D eigenvalue weighted by atomic mass is 9.85. The maximum Gasteiger partial charge on any atom is 0.490 e. The lowest BCUT2D eigenvalue weighted by Gasteiger charge is -2.35. The van der Waals surface area contributed by atoms with Crippen LogP contribution in [0.5, 0.6) is 0 Å². The van der Waals surface area contributed by atoms with Crippen molar-refractivity contribution in [1.29, 1.82) is 0 Å². The monoisotopic (exact) mass is 747 g/mol. The van der Waals surface area contributed by atoms with Crippen molar-refractivity contribution in [3.05, 3.63) is 41.0 Å². The van der Waals surface area contributed by atoms with E-state index in [9.17, 15) is 32.7 Å². The molecule has 1 aromatic heterocycles. The van der Waals surface area contributed by atoms with Gasteiger partial charge in [0.05, 0.1) is 61.8 Å². The number of alkyl halides is 3. The zero-order chi connectivity index (χ0) is 38.2. The molecule has 1 aromatic carbocycles. The number of rotatable bonds is 17. The summed E-state index contributed by atoms with van der Waals surface area (Å²) in [6, 6.07) is 6.14. The molecule has 1 fully saturated rings. The number of carboxylic acid groups (broad SMARTS) is 1. The summed E-state index contributed by atoms with van der Waals surface area (Å²) in [5, 5.41) is 23.3. The van der Waals surface area contributed by atoms with Gasteiger partial charge in [0.15, 0.2) is 0 Å². The zero-order valence-electron chi connectivity index (χ0n) is 29.2. The SMILES string of the molecule is Cc1ncsc1-c1ccc(CNC(=O)C2CC(O)CN2C(=O)C(NC(=O)CCOCCOCCOCCN)C(C)(C)C)cc1.O=C(O)C(F)(F)F. The number of carboxylic acids is 1. The largest absolute Gasteiger partial charge is 0.490 e. The summed E-state index contributed by atoms with van der Waals surface area (Å²) in [6.45, 7) is 10.5. The molecule has 0 radical (unpaired) electrons. The lowest BCUT2D eigenvalue weighted by molar-refractivity contribution is -0.192. The number of nitrogens with two attached hydrogens (primary N) is 1. The number of nitrogens with one attached hydrogen (secondary N) is 2. The normalized spacial score (nSPS) is 16.6. The van der Waals surface area contributed by atoms with Gasteiger partial charge in [0.25, 0.3) is 0 Å². The second kappa shape index (κ2) is 21.0. The number of carbonyl (C=O) groups is 4. The molecule has 2 aromatic rings. The van der Waals surface area contributed by atoms with Crippen LogP contribution < -0.4 is 16.4 Å². The minimum Gasteiger partial charge on any atom is -0.475 e. The quantitative estimate of drug-likeness (QED) is 0.149. The number of aliphatic hydroxyl groups excluding tert-OH is 1. The van der Waals surface area contributed by atoms with E-state index in [1.807, 2.05) is 57.5 Å². The van der Waals surface area contributed by atoms with E-state index >= 15 is 0 Å². The molecule has 18 heteroatoms. The predicted molar refractivity (Wildman–Crippen MR) is 181 cm³/mol. The van der Waals surface area contributed by atoms with Crippen LogP contribution in [0.1, 0.15) is 44.9 Å². The fourth-order valence-electron chi connectivity index (χ4n) is 4.80. The molecule has 286 valence electrons. The highest BCUT2D eigenvalue weighted by atomic mass is 32.1. The van der Waals surface area contributed by atoms with Crippen molar-refractivity contribution in [3.8, 4) is 10.4 Å². The molecule has 0 saturated carbocycles. The van der Waals surface area contributed by atoms with Gasteiger partial charge < -0.3 is 45.7 Å². The smallest absolute Gasteiger partial charge is 0.475 e. The predicted octanol–water partition coefficient (Wildman–Crippen LogP) is 2.26. The second-order valence-electron chi connectivity index (χ2n) is 12.6. The standard InChI is InChI=1S/C31H47N5O7S.C2HF3O2/c1-21-27(44-20-34-21)23-7-5-22(6-8-23)18-33-29(39)25-17-24(37)19-36(25)30(40)28(31(2,3)4)35-26(38)9-11-41-13-15-43-16-14-42-12-10-32;3-2(4,5)1(6)7/h5-8,20,24-25,28,37H,9-19,32H2,1-4H3,(H,33,39)(H,35,38);(H,6,7). The molecule has 3 atom stereocenters. The molecule has 2 heterocycles. The minimum absolute atomic E-state index is 0.0165. The number of hydrogen-bond donors (Lipinski definition) is 5. The number of aliphatic carboxylic acids is 1. The van der Waals surface area contributed by atoms with Gasteiger partial charge in [-0.3, -0.25) is 14.4 Å². The van der Waals surface area contributed by atoms with Gasteiger partial charge in [-0.05, 0) is 23.5 Å². The first kappa shape index (κ1) is 43.5. The summed E-state index contributed by atoms with van der Waals surface area (Å²) in [6.07, 6.45) is -5.73. The Balaban J connectivity index is 0.00000116.